The molecule has 0 aliphatic rings. The molecule has 2 N–H and O–H groups in total. The first kappa shape index (κ1) is 12.4. The highest BCUT2D eigenvalue weighted by Gasteiger charge is 2.11. The maximum Gasteiger partial charge on any atom is 0.0966 e. The van der Waals surface area contributed by atoms with E-state index in [1.807, 2.05) is 42.5 Å². The highest BCUT2D eigenvalue weighted by Crippen LogP contribution is 2.33. The molecule has 1 atom stereocenters. The van der Waals surface area contributed by atoms with Gasteiger partial charge >= 0.3 is 0 Å². The predicted octanol–water partition coefficient (Wildman–Crippen LogP) is 3.53. The quantitative estimate of drug-likeness (QED) is 0.859. The molecule has 0 spiro atoms. The number of hydrogen-bond donors (Lipinski definition) is 1. The Labute approximate surface area is 110 Å². The van der Waals surface area contributed by atoms with Gasteiger partial charge in [0, 0.05) is 23.0 Å². The van der Waals surface area contributed by atoms with Gasteiger partial charge in [0.1, 0.15) is 0 Å². The number of hydrogen-bond acceptors (Lipinski definition) is 3. The van der Waals surface area contributed by atoms with Crippen LogP contribution in [0.5, 0.6) is 0 Å². The van der Waals surface area contributed by atoms with Crippen molar-refractivity contribution in [1.29, 1.82) is 0 Å². The maximum absolute atomic E-state index is 5.87. The number of halogens is 1. The van der Waals surface area contributed by atoms with Crippen LogP contribution in [0.1, 0.15) is 10.8 Å². The highest BCUT2D eigenvalue weighted by atomic mass is 35.5. The molecule has 0 aliphatic carbocycles. The first-order chi connectivity index (χ1) is 8.29. The van der Waals surface area contributed by atoms with Gasteiger partial charge in [-0.2, -0.15) is 0 Å². The molecule has 2 aromatic rings. The van der Waals surface area contributed by atoms with Crippen LogP contribution in [0, 0.1) is 0 Å². The number of rotatable bonds is 4. The van der Waals surface area contributed by atoms with E-state index >= 15 is 0 Å². The lowest BCUT2D eigenvalue weighted by Crippen LogP contribution is -2.09. The van der Waals surface area contributed by atoms with Gasteiger partial charge in [-0.1, -0.05) is 41.6 Å². The number of pyridine rings is 1. The van der Waals surface area contributed by atoms with Crippen LogP contribution in [-0.2, 0) is 0 Å². The monoisotopic (exact) mass is 264 g/mol. The van der Waals surface area contributed by atoms with Crippen LogP contribution >= 0.6 is 23.4 Å². The molecule has 0 fully saturated rings. The summed E-state index contributed by atoms with van der Waals surface area (Å²) in [6.45, 7) is 0.572. The Hall–Kier alpha value is -1.03. The van der Waals surface area contributed by atoms with Crippen molar-refractivity contribution >= 4 is 23.4 Å². The fourth-order valence-corrected chi connectivity index (χ4v) is 2.58. The average molecular weight is 265 g/mol. The molecular weight excluding hydrogens is 252 g/mol. The van der Waals surface area contributed by atoms with Crippen molar-refractivity contribution in [3.05, 3.63) is 59.2 Å². The van der Waals surface area contributed by atoms with Gasteiger partial charge in [0.15, 0.2) is 0 Å². The SMILES string of the molecule is NCC(Sc1ccccn1)c1ccc(Cl)cc1. The Kier molecular flexibility index (Phi) is 4.42. The van der Waals surface area contributed by atoms with Crippen molar-refractivity contribution in [3.8, 4) is 0 Å². The predicted molar refractivity (Wildman–Crippen MR) is 73.3 cm³/mol. The lowest BCUT2D eigenvalue weighted by Gasteiger charge is -2.14. The number of nitrogens with zero attached hydrogens (tertiary/aromatic N) is 1. The van der Waals surface area contributed by atoms with Crippen LogP contribution in [-0.4, -0.2) is 11.5 Å². The van der Waals surface area contributed by atoms with E-state index in [4.69, 9.17) is 17.3 Å². The molecule has 0 aliphatic heterocycles. The molecule has 0 radical (unpaired) electrons. The lowest BCUT2D eigenvalue weighted by atomic mass is 10.1. The second-order valence-corrected chi connectivity index (χ2v) is 5.22. The first-order valence-electron chi connectivity index (χ1n) is 5.33. The Balaban J connectivity index is 2.14. The van der Waals surface area contributed by atoms with E-state index in [2.05, 4.69) is 4.98 Å². The summed E-state index contributed by atoms with van der Waals surface area (Å²) in [5.74, 6) is 0. The molecule has 1 aromatic carbocycles. The van der Waals surface area contributed by atoms with Gasteiger partial charge in [0.25, 0.3) is 0 Å². The van der Waals surface area contributed by atoms with Crippen molar-refractivity contribution in [3.63, 3.8) is 0 Å². The molecule has 4 heteroatoms. The van der Waals surface area contributed by atoms with E-state index in [0.29, 0.717) is 6.54 Å². The molecule has 0 bridgehead atoms. The van der Waals surface area contributed by atoms with Crippen molar-refractivity contribution in [2.75, 3.05) is 6.54 Å². The summed E-state index contributed by atoms with van der Waals surface area (Å²) >= 11 is 7.54. The zero-order valence-electron chi connectivity index (χ0n) is 9.21. The smallest absolute Gasteiger partial charge is 0.0966 e. The van der Waals surface area contributed by atoms with E-state index in [0.717, 1.165) is 10.0 Å². The number of benzene rings is 1. The van der Waals surface area contributed by atoms with Crippen molar-refractivity contribution in [2.45, 2.75) is 10.3 Å². The minimum absolute atomic E-state index is 0.210. The molecule has 17 heavy (non-hydrogen) atoms. The standard InChI is InChI=1S/C13H13ClN2S/c14-11-6-4-10(5-7-11)12(9-15)17-13-3-1-2-8-16-13/h1-8,12H,9,15H2. The van der Waals surface area contributed by atoms with E-state index < -0.39 is 0 Å². The summed E-state index contributed by atoms with van der Waals surface area (Å²) in [5.41, 5.74) is 6.98. The molecule has 1 heterocycles. The van der Waals surface area contributed by atoms with Crippen LogP contribution < -0.4 is 5.73 Å². The fourth-order valence-electron chi connectivity index (χ4n) is 1.49. The molecular formula is C13H13ClN2S. The second kappa shape index (κ2) is 6.05. The number of aromatic nitrogens is 1. The van der Waals surface area contributed by atoms with Crippen LogP contribution in [0.15, 0.2) is 53.7 Å². The summed E-state index contributed by atoms with van der Waals surface area (Å²) in [4.78, 5) is 4.29. The molecule has 88 valence electrons. The number of nitrogens with two attached hydrogens (primary N) is 1. The lowest BCUT2D eigenvalue weighted by molar-refractivity contribution is 0.935. The minimum Gasteiger partial charge on any atom is -0.329 e. The Bertz CT molecular complexity index is 459. The van der Waals surface area contributed by atoms with Gasteiger partial charge < -0.3 is 5.73 Å². The van der Waals surface area contributed by atoms with Crippen LogP contribution in [0.2, 0.25) is 5.02 Å². The van der Waals surface area contributed by atoms with E-state index in [9.17, 15) is 0 Å². The van der Waals surface area contributed by atoms with E-state index in [1.165, 1.54) is 5.56 Å². The molecule has 1 aromatic heterocycles. The van der Waals surface area contributed by atoms with Crippen molar-refractivity contribution in [2.24, 2.45) is 5.73 Å². The van der Waals surface area contributed by atoms with Crippen LogP contribution in [0.3, 0.4) is 0 Å². The maximum atomic E-state index is 5.87. The second-order valence-electron chi connectivity index (χ2n) is 3.56. The topological polar surface area (TPSA) is 38.9 Å². The molecule has 0 amide bonds. The molecule has 1 unspecified atom stereocenters. The highest BCUT2D eigenvalue weighted by molar-refractivity contribution is 7.99. The zero-order chi connectivity index (χ0) is 12.1. The third-order valence-electron chi connectivity index (χ3n) is 2.36. The largest absolute Gasteiger partial charge is 0.329 e. The normalized spacial score (nSPS) is 12.4. The third-order valence-corrected chi connectivity index (χ3v) is 3.84. The Morgan fingerprint density at radius 1 is 1.18 bits per heavy atom. The minimum atomic E-state index is 0.210. The van der Waals surface area contributed by atoms with Crippen molar-refractivity contribution < 1.29 is 0 Å². The molecule has 0 saturated heterocycles. The summed E-state index contributed by atoms with van der Waals surface area (Å²) in [7, 11) is 0. The van der Waals surface area contributed by atoms with E-state index in [1.54, 1.807) is 18.0 Å². The summed E-state index contributed by atoms with van der Waals surface area (Å²) < 4.78 is 0. The van der Waals surface area contributed by atoms with E-state index in [-0.39, 0.29) is 5.25 Å². The summed E-state index contributed by atoms with van der Waals surface area (Å²) in [6.07, 6.45) is 1.79. The van der Waals surface area contributed by atoms with Gasteiger partial charge in [-0.25, -0.2) is 4.98 Å². The van der Waals surface area contributed by atoms with Gasteiger partial charge in [-0.3, -0.25) is 0 Å². The van der Waals surface area contributed by atoms with Crippen LogP contribution in [0.4, 0.5) is 0 Å². The van der Waals surface area contributed by atoms with Gasteiger partial charge in [-0.15, -0.1) is 0 Å². The molecule has 0 saturated carbocycles. The Morgan fingerprint density at radius 3 is 2.53 bits per heavy atom. The summed E-state index contributed by atoms with van der Waals surface area (Å²) in [5, 5.41) is 1.94. The molecule has 2 nitrogen and oxygen atoms in total. The van der Waals surface area contributed by atoms with Gasteiger partial charge in [-0.05, 0) is 29.8 Å². The van der Waals surface area contributed by atoms with Crippen molar-refractivity contribution in [1.82, 2.24) is 4.98 Å². The fraction of sp³-hybridized carbons (Fsp3) is 0.154. The zero-order valence-corrected chi connectivity index (χ0v) is 10.8. The first-order valence-corrected chi connectivity index (χ1v) is 6.58. The summed E-state index contributed by atoms with van der Waals surface area (Å²) in [6, 6.07) is 13.7. The van der Waals surface area contributed by atoms with Gasteiger partial charge in [0.2, 0.25) is 0 Å². The molecule has 2 rings (SSSR count). The average Bonchev–Trinajstić information content (AvgIpc) is 2.38. The third kappa shape index (κ3) is 3.46. The van der Waals surface area contributed by atoms with Gasteiger partial charge in [0.05, 0.1) is 5.03 Å². The number of thioether (sulfide) groups is 1. The Morgan fingerprint density at radius 2 is 1.94 bits per heavy atom. The van der Waals surface area contributed by atoms with Crippen LogP contribution in [0.25, 0.3) is 0 Å².